The van der Waals surface area contributed by atoms with Crippen molar-refractivity contribution in [1.29, 1.82) is 0 Å². The molecule has 1 heterocycles. The van der Waals surface area contributed by atoms with Crippen LogP contribution in [0.25, 0.3) is 0 Å². The van der Waals surface area contributed by atoms with Crippen molar-refractivity contribution in [1.82, 2.24) is 19.7 Å². The molecule has 0 saturated carbocycles. The van der Waals surface area contributed by atoms with E-state index in [4.69, 9.17) is 4.74 Å². The minimum absolute atomic E-state index is 0.152. The van der Waals surface area contributed by atoms with E-state index in [2.05, 4.69) is 10.1 Å². The number of hydrogen-bond acceptors (Lipinski definition) is 4. The van der Waals surface area contributed by atoms with Crippen LogP contribution < -0.4 is 4.74 Å². The van der Waals surface area contributed by atoms with E-state index in [9.17, 15) is 4.79 Å². The molecule has 23 heavy (non-hydrogen) atoms. The summed E-state index contributed by atoms with van der Waals surface area (Å²) in [7, 11) is 0. The molecule has 6 heteroatoms. The van der Waals surface area contributed by atoms with Gasteiger partial charge in [-0.25, -0.2) is 4.98 Å². The van der Waals surface area contributed by atoms with E-state index in [0.29, 0.717) is 32.7 Å². The van der Waals surface area contributed by atoms with Crippen molar-refractivity contribution in [2.45, 2.75) is 39.8 Å². The summed E-state index contributed by atoms with van der Waals surface area (Å²) in [6.07, 6.45) is 4.43. The van der Waals surface area contributed by atoms with Gasteiger partial charge >= 0.3 is 0 Å². The second-order valence-electron chi connectivity index (χ2n) is 5.21. The van der Waals surface area contributed by atoms with E-state index >= 15 is 0 Å². The first-order valence-electron chi connectivity index (χ1n) is 8.05. The van der Waals surface area contributed by atoms with E-state index in [-0.39, 0.29) is 5.91 Å². The van der Waals surface area contributed by atoms with Crippen LogP contribution in [0.15, 0.2) is 36.9 Å². The number of aryl methyl sites for hydroxylation is 1. The molecule has 6 nitrogen and oxygen atoms in total. The van der Waals surface area contributed by atoms with E-state index in [1.165, 1.54) is 6.33 Å². The average Bonchev–Trinajstić information content (AvgIpc) is 3.07. The van der Waals surface area contributed by atoms with Crippen molar-refractivity contribution in [2.24, 2.45) is 0 Å². The summed E-state index contributed by atoms with van der Waals surface area (Å²) in [6, 6.07) is 7.88. The first kappa shape index (κ1) is 17.0. The monoisotopic (exact) mass is 316 g/mol. The highest BCUT2D eigenvalue weighted by Crippen LogP contribution is 2.20. The number of amides is 1. The van der Waals surface area contributed by atoms with Crippen molar-refractivity contribution < 1.29 is 9.53 Å². The molecule has 0 saturated heterocycles. The van der Waals surface area contributed by atoms with Gasteiger partial charge in [-0.2, -0.15) is 5.10 Å². The van der Waals surface area contributed by atoms with Gasteiger partial charge in [-0.1, -0.05) is 18.2 Å². The van der Waals surface area contributed by atoms with Gasteiger partial charge in [0.25, 0.3) is 0 Å². The Labute approximate surface area is 137 Å². The second kappa shape index (κ2) is 8.92. The molecule has 124 valence electrons. The lowest BCUT2D eigenvalue weighted by Gasteiger charge is -2.22. The Morgan fingerprint density at radius 2 is 2.13 bits per heavy atom. The van der Waals surface area contributed by atoms with Crippen LogP contribution in [-0.4, -0.2) is 38.7 Å². The molecule has 0 unspecified atom stereocenters. The number of aromatic nitrogens is 3. The van der Waals surface area contributed by atoms with Gasteiger partial charge in [-0.3, -0.25) is 9.48 Å². The highest BCUT2D eigenvalue weighted by atomic mass is 16.5. The van der Waals surface area contributed by atoms with Gasteiger partial charge in [0, 0.05) is 31.6 Å². The summed E-state index contributed by atoms with van der Waals surface area (Å²) in [6.45, 7) is 6.55. The Morgan fingerprint density at radius 1 is 1.30 bits per heavy atom. The first-order chi connectivity index (χ1) is 11.2. The number of ether oxygens (including phenoxy) is 1. The summed E-state index contributed by atoms with van der Waals surface area (Å²) in [4.78, 5) is 18.2. The number of para-hydroxylation sites is 1. The molecule has 0 aliphatic rings. The summed E-state index contributed by atoms with van der Waals surface area (Å²) >= 11 is 0. The van der Waals surface area contributed by atoms with Crippen LogP contribution in [0.5, 0.6) is 5.75 Å². The molecule has 1 aromatic heterocycles. The molecule has 2 aromatic rings. The molecule has 2 rings (SSSR count). The van der Waals surface area contributed by atoms with Crippen LogP contribution in [0, 0.1) is 0 Å². The molecule has 0 fully saturated rings. The highest BCUT2D eigenvalue weighted by molar-refractivity contribution is 5.76. The molecule has 0 radical (unpaired) electrons. The van der Waals surface area contributed by atoms with Gasteiger partial charge in [0.05, 0.1) is 6.61 Å². The third-order valence-electron chi connectivity index (χ3n) is 3.61. The summed E-state index contributed by atoms with van der Waals surface area (Å²) in [5, 5.41) is 4.04. The van der Waals surface area contributed by atoms with Crippen molar-refractivity contribution in [2.75, 3.05) is 13.2 Å². The smallest absolute Gasteiger partial charge is 0.222 e. The zero-order valence-electron chi connectivity index (χ0n) is 13.8. The van der Waals surface area contributed by atoms with E-state index in [1.54, 1.807) is 11.0 Å². The van der Waals surface area contributed by atoms with Crippen LogP contribution in [0.2, 0.25) is 0 Å². The molecular weight excluding hydrogens is 292 g/mol. The van der Waals surface area contributed by atoms with Gasteiger partial charge < -0.3 is 9.64 Å². The lowest BCUT2D eigenvalue weighted by atomic mass is 10.1. The maximum atomic E-state index is 12.4. The van der Waals surface area contributed by atoms with Crippen LogP contribution in [0.3, 0.4) is 0 Å². The predicted octanol–water partition coefficient (Wildman–Crippen LogP) is 2.51. The minimum Gasteiger partial charge on any atom is -0.494 e. The van der Waals surface area contributed by atoms with Crippen molar-refractivity contribution in [3.63, 3.8) is 0 Å². The first-order valence-corrected chi connectivity index (χ1v) is 8.05. The number of nitrogens with zero attached hydrogens (tertiary/aromatic N) is 4. The summed E-state index contributed by atoms with van der Waals surface area (Å²) < 4.78 is 7.38. The Hall–Kier alpha value is -2.37. The fourth-order valence-electron chi connectivity index (χ4n) is 2.41. The number of benzene rings is 1. The van der Waals surface area contributed by atoms with Gasteiger partial charge in [-0.15, -0.1) is 0 Å². The zero-order chi connectivity index (χ0) is 16.5. The van der Waals surface area contributed by atoms with Crippen LogP contribution in [0.4, 0.5) is 0 Å². The summed E-state index contributed by atoms with van der Waals surface area (Å²) in [5.74, 6) is 1.00. The average molecular weight is 316 g/mol. The number of rotatable bonds is 9. The van der Waals surface area contributed by atoms with Gasteiger partial charge in [0.1, 0.15) is 18.4 Å². The fourth-order valence-corrected chi connectivity index (χ4v) is 2.41. The molecular formula is C17H24N4O2. The highest BCUT2D eigenvalue weighted by Gasteiger charge is 2.14. The molecule has 1 aromatic carbocycles. The van der Waals surface area contributed by atoms with Crippen molar-refractivity contribution in [3.05, 3.63) is 42.5 Å². The Balaban J connectivity index is 1.89. The Morgan fingerprint density at radius 3 is 2.83 bits per heavy atom. The third kappa shape index (κ3) is 5.09. The molecule has 0 N–H and O–H groups in total. The summed E-state index contributed by atoms with van der Waals surface area (Å²) in [5.41, 5.74) is 1.04. The molecule has 0 bridgehead atoms. The molecule has 0 atom stereocenters. The Kier molecular flexibility index (Phi) is 6.59. The topological polar surface area (TPSA) is 60.2 Å². The standard InChI is InChI=1S/C17H24N4O2/c1-3-20(12-15-8-5-6-9-16(15)23-4-2)17(22)10-7-11-21-14-18-13-19-21/h5-6,8-9,13-14H,3-4,7,10-12H2,1-2H3. The quantitative estimate of drug-likeness (QED) is 0.713. The lowest BCUT2D eigenvalue weighted by molar-refractivity contribution is -0.131. The lowest BCUT2D eigenvalue weighted by Crippen LogP contribution is -2.30. The van der Waals surface area contributed by atoms with Crippen LogP contribution in [0.1, 0.15) is 32.3 Å². The number of carbonyl (C=O) groups excluding carboxylic acids is 1. The van der Waals surface area contributed by atoms with Gasteiger partial charge in [0.2, 0.25) is 5.91 Å². The fraction of sp³-hybridized carbons (Fsp3) is 0.471. The molecule has 0 aliphatic carbocycles. The van der Waals surface area contributed by atoms with E-state index in [1.807, 2.05) is 43.0 Å². The van der Waals surface area contributed by atoms with Crippen LogP contribution >= 0.6 is 0 Å². The second-order valence-corrected chi connectivity index (χ2v) is 5.21. The predicted molar refractivity (Wildman–Crippen MR) is 88.0 cm³/mol. The van der Waals surface area contributed by atoms with Crippen molar-refractivity contribution in [3.8, 4) is 5.75 Å². The molecule has 1 amide bonds. The van der Waals surface area contributed by atoms with E-state index in [0.717, 1.165) is 17.7 Å². The maximum Gasteiger partial charge on any atom is 0.222 e. The molecule has 0 aliphatic heterocycles. The van der Waals surface area contributed by atoms with E-state index < -0.39 is 0 Å². The third-order valence-corrected chi connectivity index (χ3v) is 3.61. The largest absolute Gasteiger partial charge is 0.494 e. The maximum absolute atomic E-state index is 12.4. The number of hydrogen-bond donors (Lipinski definition) is 0. The number of carbonyl (C=O) groups is 1. The normalized spacial score (nSPS) is 10.5. The van der Waals surface area contributed by atoms with Crippen LogP contribution in [-0.2, 0) is 17.9 Å². The van der Waals surface area contributed by atoms with Gasteiger partial charge in [0.15, 0.2) is 0 Å². The molecule has 0 spiro atoms. The SMILES string of the molecule is CCOc1ccccc1CN(CC)C(=O)CCCn1cncn1. The van der Waals surface area contributed by atoms with Crippen molar-refractivity contribution >= 4 is 5.91 Å². The van der Waals surface area contributed by atoms with Gasteiger partial charge in [-0.05, 0) is 26.3 Å². The Bertz CT molecular complexity index is 598. The zero-order valence-corrected chi connectivity index (χ0v) is 13.8. The minimum atomic E-state index is 0.152.